The molecule has 2 saturated heterocycles. The molecule has 176 valence electrons. The lowest BCUT2D eigenvalue weighted by atomic mass is 9.89. The number of hydrogen-bond donors (Lipinski definition) is 2. The monoisotopic (exact) mass is 448 g/mol. The fourth-order valence-corrected chi connectivity index (χ4v) is 4.67. The fourth-order valence-electron chi connectivity index (χ4n) is 4.67. The van der Waals surface area contributed by atoms with Crippen molar-refractivity contribution < 1.29 is 9.53 Å². The summed E-state index contributed by atoms with van der Waals surface area (Å²) in [7, 11) is 1.81. The first-order valence-electron chi connectivity index (χ1n) is 12.1. The van der Waals surface area contributed by atoms with Gasteiger partial charge < -0.3 is 20.3 Å². The summed E-state index contributed by atoms with van der Waals surface area (Å²) in [6.07, 6.45) is 4.03. The smallest absolute Gasteiger partial charge is 0.222 e. The third-order valence-corrected chi connectivity index (χ3v) is 6.63. The van der Waals surface area contributed by atoms with Gasteiger partial charge in [0.05, 0.1) is 6.10 Å². The molecule has 2 unspecified atom stereocenters. The number of carbonyl (C=O) groups is 1. The van der Waals surface area contributed by atoms with E-state index >= 15 is 0 Å². The van der Waals surface area contributed by atoms with E-state index in [2.05, 4.69) is 71.1 Å². The second kappa shape index (κ2) is 11.3. The molecular formula is C27H36N4O2. The Hall–Kier alpha value is -2.86. The number of nitrogens with zero attached hydrogens (tertiary/aromatic N) is 2. The van der Waals surface area contributed by atoms with Gasteiger partial charge in [0.25, 0.3) is 0 Å². The van der Waals surface area contributed by atoms with Crippen LogP contribution in [0.2, 0.25) is 0 Å². The minimum Gasteiger partial charge on any atom is -0.373 e. The number of nitrogens with one attached hydrogen (secondary N) is 2. The zero-order chi connectivity index (χ0) is 23.0. The molecule has 6 nitrogen and oxygen atoms in total. The molecule has 6 heteroatoms. The highest BCUT2D eigenvalue weighted by Crippen LogP contribution is 2.33. The Balaban J connectivity index is 1.26. The minimum absolute atomic E-state index is 0.125. The molecule has 1 amide bonds. The maximum atomic E-state index is 11.8. The van der Waals surface area contributed by atoms with Crippen LogP contribution in [0.5, 0.6) is 0 Å². The van der Waals surface area contributed by atoms with E-state index in [0.717, 1.165) is 44.9 Å². The predicted octanol–water partition coefficient (Wildman–Crippen LogP) is 3.95. The molecule has 2 aromatic rings. The topological polar surface area (TPSA) is 66.0 Å². The summed E-state index contributed by atoms with van der Waals surface area (Å²) in [6.45, 7) is 6.04. The number of benzene rings is 2. The van der Waals surface area contributed by atoms with Crippen molar-refractivity contribution in [3.63, 3.8) is 0 Å². The number of likely N-dealkylation sites (tertiary alicyclic amines) is 1. The Morgan fingerprint density at radius 3 is 2.52 bits per heavy atom. The van der Waals surface area contributed by atoms with Gasteiger partial charge in [-0.15, -0.1) is 0 Å². The molecule has 0 saturated carbocycles. The second-order valence-corrected chi connectivity index (χ2v) is 9.15. The lowest BCUT2D eigenvalue weighted by molar-refractivity contribution is -0.128. The highest BCUT2D eigenvalue weighted by Gasteiger charge is 2.27. The van der Waals surface area contributed by atoms with Crippen LogP contribution in [0.4, 0.5) is 0 Å². The van der Waals surface area contributed by atoms with Crippen LogP contribution in [0.15, 0.2) is 53.5 Å². The first-order chi connectivity index (χ1) is 16.1. The number of rotatable bonds is 7. The van der Waals surface area contributed by atoms with Crippen molar-refractivity contribution >= 4 is 11.9 Å². The molecule has 2 atom stereocenters. The molecule has 4 rings (SSSR count). The molecular weight excluding hydrogens is 412 g/mol. The summed E-state index contributed by atoms with van der Waals surface area (Å²) in [5, 5.41) is 6.92. The molecule has 2 aliphatic heterocycles. The van der Waals surface area contributed by atoms with Crippen LogP contribution in [0.25, 0.3) is 0 Å². The SMILES string of the molecule is CN=C(NCc1ccc(CN2CCCC2=O)cc1)NCC1CCCOC1c1ccc(C)cc1. The molecule has 0 aliphatic carbocycles. The average molecular weight is 449 g/mol. The van der Waals surface area contributed by atoms with Crippen LogP contribution in [0.1, 0.15) is 54.0 Å². The lowest BCUT2D eigenvalue weighted by Crippen LogP contribution is -2.41. The molecule has 0 radical (unpaired) electrons. The largest absolute Gasteiger partial charge is 0.373 e. The van der Waals surface area contributed by atoms with Crippen LogP contribution in [0, 0.1) is 12.8 Å². The Morgan fingerprint density at radius 2 is 1.82 bits per heavy atom. The van der Waals surface area contributed by atoms with E-state index in [-0.39, 0.29) is 12.0 Å². The zero-order valence-corrected chi connectivity index (χ0v) is 19.8. The van der Waals surface area contributed by atoms with Crippen LogP contribution in [-0.4, -0.2) is 43.5 Å². The molecule has 2 fully saturated rings. The quantitative estimate of drug-likeness (QED) is 0.497. The molecule has 0 bridgehead atoms. The van der Waals surface area contributed by atoms with Gasteiger partial charge in [-0.2, -0.15) is 0 Å². The highest BCUT2D eigenvalue weighted by molar-refractivity contribution is 5.79. The number of amides is 1. The third kappa shape index (κ3) is 6.35. The van der Waals surface area contributed by atoms with E-state index < -0.39 is 0 Å². The number of ether oxygens (including phenoxy) is 1. The highest BCUT2D eigenvalue weighted by atomic mass is 16.5. The Kier molecular flexibility index (Phi) is 8.00. The summed E-state index contributed by atoms with van der Waals surface area (Å²) in [5.74, 6) is 1.48. The molecule has 2 N–H and O–H groups in total. The fraction of sp³-hybridized carbons (Fsp3) is 0.481. The van der Waals surface area contributed by atoms with E-state index in [1.807, 2.05) is 4.90 Å². The van der Waals surface area contributed by atoms with E-state index in [1.54, 1.807) is 7.05 Å². The minimum atomic E-state index is 0.125. The predicted molar refractivity (Wildman–Crippen MR) is 132 cm³/mol. The van der Waals surface area contributed by atoms with Crippen molar-refractivity contribution in [2.45, 2.75) is 51.8 Å². The van der Waals surface area contributed by atoms with Gasteiger partial charge in [0.1, 0.15) is 0 Å². The number of hydrogen-bond acceptors (Lipinski definition) is 3. The van der Waals surface area contributed by atoms with Gasteiger partial charge in [-0.3, -0.25) is 9.79 Å². The lowest BCUT2D eigenvalue weighted by Gasteiger charge is -2.32. The first-order valence-corrected chi connectivity index (χ1v) is 12.1. The van der Waals surface area contributed by atoms with E-state index in [0.29, 0.717) is 25.4 Å². The molecule has 33 heavy (non-hydrogen) atoms. The van der Waals surface area contributed by atoms with Gasteiger partial charge in [0, 0.05) is 52.2 Å². The van der Waals surface area contributed by atoms with Crippen molar-refractivity contribution in [2.24, 2.45) is 10.9 Å². The van der Waals surface area contributed by atoms with Gasteiger partial charge >= 0.3 is 0 Å². The molecule has 0 spiro atoms. The molecule has 2 aromatic carbocycles. The van der Waals surface area contributed by atoms with Crippen molar-refractivity contribution in [1.29, 1.82) is 0 Å². The molecule has 0 aromatic heterocycles. The van der Waals surface area contributed by atoms with E-state index in [1.165, 1.54) is 22.3 Å². The van der Waals surface area contributed by atoms with E-state index in [9.17, 15) is 4.79 Å². The van der Waals surface area contributed by atoms with E-state index in [4.69, 9.17) is 4.74 Å². The maximum absolute atomic E-state index is 11.8. The van der Waals surface area contributed by atoms with Gasteiger partial charge in [0.15, 0.2) is 5.96 Å². The van der Waals surface area contributed by atoms with Gasteiger partial charge in [0.2, 0.25) is 5.91 Å². The number of carbonyl (C=O) groups excluding carboxylic acids is 1. The van der Waals surface area contributed by atoms with Crippen molar-refractivity contribution in [2.75, 3.05) is 26.7 Å². The number of aliphatic imine (C=N–C) groups is 1. The van der Waals surface area contributed by atoms with Crippen LogP contribution >= 0.6 is 0 Å². The van der Waals surface area contributed by atoms with Gasteiger partial charge in [-0.05, 0) is 42.9 Å². The van der Waals surface area contributed by atoms with Crippen molar-refractivity contribution in [3.8, 4) is 0 Å². The Labute approximate surface area is 197 Å². The Bertz CT molecular complexity index is 940. The third-order valence-electron chi connectivity index (χ3n) is 6.63. The van der Waals surface area contributed by atoms with Crippen LogP contribution in [0.3, 0.4) is 0 Å². The molecule has 2 aliphatic rings. The second-order valence-electron chi connectivity index (χ2n) is 9.15. The summed E-state index contributed by atoms with van der Waals surface area (Å²) < 4.78 is 6.15. The summed E-state index contributed by atoms with van der Waals surface area (Å²) in [4.78, 5) is 18.2. The standard InChI is InChI=1S/C27H36N4O2/c1-20-7-13-23(14-8-20)26-24(5-4-16-33-26)18-30-27(28-2)29-17-21-9-11-22(12-10-21)19-31-15-3-6-25(31)32/h7-14,24,26H,3-6,15-19H2,1-2H3,(H2,28,29,30). The molecule has 2 heterocycles. The van der Waals surface area contributed by atoms with Crippen molar-refractivity contribution in [1.82, 2.24) is 15.5 Å². The number of aryl methyl sites for hydroxylation is 1. The number of guanidine groups is 1. The Morgan fingerprint density at radius 1 is 1.06 bits per heavy atom. The first kappa shape index (κ1) is 23.3. The maximum Gasteiger partial charge on any atom is 0.222 e. The zero-order valence-electron chi connectivity index (χ0n) is 19.8. The van der Waals surface area contributed by atoms with Crippen LogP contribution < -0.4 is 10.6 Å². The normalized spacial score (nSPS) is 21.3. The van der Waals surface area contributed by atoms with Gasteiger partial charge in [-0.1, -0.05) is 54.1 Å². The summed E-state index contributed by atoms with van der Waals surface area (Å²) >= 11 is 0. The summed E-state index contributed by atoms with van der Waals surface area (Å²) in [6, 6.07) is 17.2. The van der Waals surface area contributed by atoms with Gasteiger partial charge in [-0.25, -0.2) is 0 Å². The summed E-state index contributed by atoms with van der Waals surface area (Å²) in [5.41, 5.74) is 4.89. The van der Waals surface area contributed by atoms with Crippen molar-refractivity contribution in [3.05, 3.63) is 70.8 Å². The average Bonchev–Trinajstić information content (AvgIpc) is 3.25. The van der Waals surface area contributed by atoms with Crippen LogP contribution in [-0.2, 0) is 22.6 Å².